The fraction of sp³-hybridized carbons (Fsp3) is 0.824. The van der Waals surface area contributed by atoms with E-state index in [1.165, 1.54) is 0 Å². The Morgan fingerprint density at radius 2 is 1.67 bits per heavy atom. The molecule has 0 unspecified atom stereocenters. The number of aliphatic hydroxyl groups is 1. The molecule has 0 radical (unpaired) electrons. The summed E-state index contributed by atoms with van der Waals surface area (Å²) in [5, 5.41) is 21.7. The molecule has 0 aromatic heterocycles. The highest BCUT2D eigenvalue weighted by molar-refractivity contribution is 5.92. The van der Waals surface area contributed by atoms with Crippen LogP contribution in [0.2, 0.25) is 0 Å². The molecule has 1 fully saturated rings. The van der Waals surface area contributed by atoms with Crippen molar-refractivity contribution in [2.75, 3.05) is 19.6 Å². The summed E-state index contributed by atoms with van der Waals surface area (Å²) in [6.45, 7) is 0.900. The van der Waals surface area contributed by atoms with Crippen molar-refractivity contribution in [1.82, 2.24) is 10.2 Å². The molecule has 0 aliphatic carbocycles. The average Bonchev–Trinajstić information content (AvgIpc) is 3.02. The van der Waals surface area contributed by atoms with E-state index in [1.807, 2.05) is 0 Å². The summed E-state index contributed by atoms with van der Waals surface area (Å²) in [7, 11) is 0. The molecule has 0 spiro atoms. The number of unbranched alkanes of at least 4 members (excludes halogenated alkanes) is 2. The molecule has 156 valence electrons. The largest absolute Gasteiger partial charge is 0.480 e. The van der Waals surface area contributed by atoms with Gasteiger partial charge in [-0.25, -0.2) is 4.79 Å². The van der Waals surface area contributed by atoms with Crippen molar-refractivity contribution < 1.29 is 24.6 Å². The maximum atomic E-state index is 12.9. The number of nitrogens with one attached hydrogen (secondary N) is 1. The molecule has 9 N–H and O–H groups in total. The molecule has 1 aliphatic heterocycles. The van der Waals surface area contributed by atoms with Crippen LogP contribution < -0.4 is 22.5 Å². The second-order valence-electron chi connectivity index (χ2n) is 6.97. The van der Waals surface area contributed by atoms with Crippen LogP contribution in [0.5, 0.6) is 0 Å². The quantitative estimate of drug-likeness (QED) is 0.210. The Kier molecular flexibility index (Phi) is 10.2. The lowest BCUT2D eigenvalue weighted by Gasteiger charge is -2.28. The molecule has 1 aliphatic rings. The van der Waals surface area contributed by atoms with Crippen molar-refractivity contribution in [3.63, 3.8) is 0 Å². The van der Waals surface area contributed by atoms with Gasteiger partial charge in [-0.05, 0) is 45.2 Å². The molecule has 27 heavy (non-hydrogen) atoms. The van der Waals surface area contributed by atoms with E-state index in [4.69, 9.17) is 17.2 Å². The Hall–Kier alpha value is -1.75. The number of aliphatic carboxylic acids is 1. The van der Waals surface area contributed by atoms with Gasteiger partial charge in [0, 0.05) is 13.0 Å². The number of carbonyl (C=O) groups is 3. The molecular weight excluding hydrogens is 354 g/mol. The first-order valence-electron chi connectivity index (χ1n) is 9.49. The predicted molar refractivity (Wildman–Crippen MR) is 99.5 cm³/mol. The lowest BCUT2D eigenvalue weighted by molar-refractivity contribution is -0.149. The summed E-state index contributed by atoms with van der Waals surface area (Å²) in [6.07, 6.45) is 2.60. The Morgan fingerprint density at radius 1 is 1.07 bits per heavy atom. The molecule has 0 aromatic rings. The zero-order valence-corrected chi connectivity index (χ0v) is 15.7. The lowest BCUT2D eigenvalue weighted by Crippen LogP contribution is -2.54. The van der Waals surface area contributed by atoms with Crippen LogP contribution in [0, 0.1) is 0 Å². The van der Waals surface area contributed by atoms with Gasteiger partial charge in [0.05, 0.1) is 12.1 Å². The van der Waals surface area contributed by atoms with Crippen LogP contribution in [0.1, 0.15) is 44.9 Å². The third kappa shape index (κ3) is 7.41. The van der Waals surface area contributed by atoms with Gasteiger partial charge in [0.25, 0.3) is 0 Å². The van der Waals surface area contributed by atoms with E-state index in [9.17, 15) is 24.6 Å². The highest BCUT2D eigenvalue weighted by Crippen LogP contribution is 2.20. The Bertz CT molecular complexity index is 504. The third-order valence-corrected chi connectivity index (χ3v) is 4.71. The van der Waals surface area contributed by atoms with Crippen LogP contribution in [0.3, 0.4) is 0 Å². The Labute approximate surface area is 159 Å². The molecule has 10 nitrogen and oxygen atoms in total. The first kappa shape index (κ1) is 23.3. The van der Waals surface area contributed by atoms with Gasteiger partial charge in [-0.1, -0.05) is 6.42 Å². The summed E-state index contributed by atoms with van der Waals surface area (Å²) in [4.78, 5) is 37.7. The number of β-amino-alcohol motifs (C(OH)–C–C–N with tert-alkyl or cyclic N) is 1. The molecule has 1 heterocycles. The lowest BCUT2D eigenvalue weighted by atomic mass is 10.1. The zero-order valence-electron chi connectivity index (χ0n) is 15.7. The Balaban J connectivity index is 2.78. The highest BCUT2D eigenvalue weighted by atomic mass is 16.4. The number of hydrogen-bond donors (Lipinski definition) is 6. The van der Waals surface area contributed by atoms with Crippen LogP contribution in [0.4, 0.5) is 0 Å². The minimum Gasteiger partial charge on any atom is -0.480 e. The van der Waals surface area contributed by atoms with Crippen molar-refractivity contribution in [2.45, 2.75) is 69.2 Å². The number of aliphatic hydroxyl groups excluding tert-OH is 1. The summed E-state index contributed by atoms with van der Waals surface area (Å²) in [5.41, 5.74) is 16.8. The van der Waals surface area contributed by atoms with E-state index >= 15 is 0 Å². The molecular formula is C17H33N5O5. The van der Waals surface area contributed by atoms with Gasteiger partial charge in [0.2, 0.25) is 11.8 Å². The number of amides is 2. The maximum Gasteiger partial charge on any atom is 0.326 e. The normalized spacial score (nSPS) is 21.7. The van der Waals surface area contributed by atoms with Crippen LogP contribution in [0.25, 0.3) is 0 Å². The smallest absolute Gasteiger partial charge is 0.326 e. The molecule has 0 saturated carbocycles. The van der Waals surface area contributed by atoms with E-state index in [0.717, 1.165) is 11.3 Å². The summed E-state index contributed by atoms with van der Waals surface area (Å²) < 4.78 is 0. The minimum atomic E-state index is -1.18. The zero-order chi connectivity index (χ0) is 20.4. The van der Waals surface area contributed by atoms with Crippen molar-refractivity contribution in [2.24, 2.45) is 17.2 Å². The average molecular weight is 387 g/mol. The molecule has 0 aromatic carbocycles. The van der Waals surface area contributed by atoms with Crippen LogP contribution in [-0.4, -0.2) is 76.8 Å². The van der Waals surface area contributed by atoms with Gasteiger partial charge in [0.15, 0.2) is 0 Å². The van der Waals surface area contributed by atoms with Crippen LogP contribution >= 0.6 is 0 Å². The Morgan fingerprint density at radius 3 is 2.22 bits per heavy atom. The first-order valence-corrected chi connectivity index (χ1v) is 9.49. The highest BCUT2D eigenvalue weighted by Gasteiger charge is 2.41. The molecule has 2 amide bonds. The van der Waals surface area contributed by atoms with Crippen molar-refractivity contribution >= 4 is 17.8 Å². The number of carboxylic acid groups (broad SMARTS) is 1. The molecule has 1 rings (SSSR count). The van der Waals surface area contributed by atoms with E-state index in [1.54, 1.807) is 0 Å². The molecule has 1 saturated heterocycles. The SMILES string of the molecule is NCCCC[C@H](NC(=O)[C@@H](N)CCCCN)C(=O)N1C[C@H](O)C[C@H]1C(=O)O. The third-order valence-electron chi connectivity index (χ3n) is 4.71. The van der Waals surface area contributed by atoms with Gasteiger partial charge in [-0.2, -0.15) is 0 Å². The fourth-order valence-electron chi connectivity index (χ4n) is 3.16. The first-order chi connectivity index (χ1) is 12.8. The van der Waals surface area contributed by atoms with Gasteiger partial charge in [0.1, 0.15) is 12.1 Å². The van der Waals surface area contributed by atoms with Crippen LogP contribution in [-0.2, 0) is 14.4 Å². The summed E-state index contributed by atoms with van der Waals surface area (Å²) in [5.74, 6) is -2.14. The topological polar surface area (TPSA) is 185 Å². The molecule has 0 bridgehead atoms. The van der Waals surface area contributed by atoms with Crippen LogP contribution in [0.15, 0.2) is 0 Å². The van der Waals surface area contributed by atoms with E-state index in [-0.39, 0.29) is 13.0 Å². The van der Waals surface area contributed by atoms with Gasteiger partial charge >= 0.3 is 5.97 Å². The van der Waals surface area contributed by atoms with E-state index < -0.39 is 42.0 Å². The number of carboxylic acids is 1. The molecule has 10 heteroatoms. The van der Waals surface area contributed by atoms with Gasteiger partial charge < -0.3 is 37.6 Å². The van der Waals surface area contributed by atoms with E-state index in [0.29, 0.717) is 45.2 Å². The molecule has 4 atom stereocenters. The number of rotatable bonds is 12. The van der Waals surface area contributed by atoms with Gasteiger partial charge in [-0.3, -0.25) is 9.59 Å². The number of likely N-dealkylation sites (tertiary alicyclic amines) is 1. The fourth-order valence-corrected chi connectivity index (χ4v) is 3.16. The van der Waals surface area contributed by atoms with Crippen molar-refractivity contribution in [1.29, 1.82) is 0 Å². The predicted octanol–water partition coefficient (Wildman–Crippen LogP) is -1.90. The second kappa shape index (κ2) is 11.9. The maximum absolute atomic E-state index is 12.9. The minimum absolute atomic E-state index is 0.0247. The van der Waals surface area contributed by atoms with Crippen molar-refractivity contribution in [3.05, 3.63) is 0 Å². The number of carbonyl (C=O) groups excluding carboxylic acids is 2. The standard InChI is InChI=1S/C17H33N5O5/c18-7-3-1-5-12(20)15(24)21-13(6-2-4-8-19)16(25)22-10-11(23)9-14(22)17(26)27/h11-14,23H,1-10,18-20H2,(H,21,24)(H,26,27)/t11-,12+,13+,14+/m1/s1. The summed E-state index contributed by atoms with van der Waals surface area (Å²) >= 11 is 0. The second-order valence-corrected chi connectivity index (χ2v) is 6.97. The van der Waals surface area contributed by atoms with Crippen molar-refractivity contribution in [3.8, 4) is 0 Å². The monoisotopic (exact) mass is 387 g/mol. The number of nitrogens with zero attached hydrogens (tertiary/aromatic N) is 1. The summed E-state index contributed by atoms with van der Waals surface area (Å²) in [6, 6.07) is -2.75. The number of hydrogen-bond acceptors (Lipinski definition) is 7. The van der Waals surface area contributed by atoms with Gasteiger partial charge in [-0.15, -0.1) is 0 Å². The number of nitrogens with two attached hydrogens (primary N) is 3. The van der Waals surface area contributed by atoms with E-state index in [2.05, 4.69) is 5.32 Å².